The van der Waals surface area contributed by atoms with Crippen LogP contribution in [-0.2, 0) is 16.6 Å². The number of methoxy groups -OCH3 is 1. The molecule has 35 heavy (non-hydrogen) atoms. The molecule has 3 aromatic rings. The monoisotopic (exact) mass is 516 g/mol. The van der Waals surface area contributed by atoms with Crippen molar-refractivity contribution >= 4 is 51.6 Å². The Balaban J connectivity index is 1.76. The highest BCUT2D eigenvalue weighted by Crippen LogP contribution is 2.34. The molecule has 2 heterocycles. The van der Waals surface area contributed by atoms with E-state index in [4.69, 9.17) is 4.74 Å². The van der Waals surface area contributed by atoms with Gasteiger partial charge in [0.2, 0.25) is 5.91 Å². The van der Waals surface area contributed by atoms with Crippen molar-refractivity contribution in [3.8, 4) is 11.4 Å². The van der Waals surface area contributed by atoms with Gasteiger partial charge in [0.1, 0.15) is 5.00 Å². The Kier molecular flexibility index (Phi) is 8.18. The van der Waals surface area contributed by atoms with Crippen LogP contribution in [0, 0.1) is 6.92 Å². The molecule has 12 heteroatoms. The number of carbonyl (C=O) groups excluding carboxylic acids is 3. The molecule has 0 aliphatic rings. The normalized spacial score (nSPS) is 10.7. The van der Waals surface area contributed by atoms with Gasteiger partial charge in [0.05, 0.1) is 23.3 Å². The molecule has 0 fully saturated rings. The standard InChI is InChI=1S/C23H28N6O4S2/c1-13-17(22(32)33-7)20(35-18(13)21(31)28(4)5)24-16(30)12-34-23-26-25-19(29(23)6)14-9-8-10-15(11-14)27(2)3/h8-11H,12H2,1-7H3,(H,24,30). The number of nitrogens with one attached hydrogen (secondary N) is 1. The van der Waals surface area contributed by atoms with Gasteiger partial charge in [-0.25, -0.2) is 4.79 Å². The van der Waals surface area contributed by atoms with Crippen LogP contribution >= 0.6 is 23.1 Å². The molecule has 0 aliphatic carbocycles. The Labute approximate surface area is 212 Å². The Morgan fingerprint density at radius 2 is 1.89 bits per heavy atom. The number of aromatic nitrogens is 3. The van der Waals surface area contributed by atoms with Crippen LogP contribution in [0.4, 0.5) is 10.7 Å². The number of amides is 2. The summed E-state index contributed by atoms with van der Waals surface area (Å²) < 4.78 is 6.70. The third kappa shape index (κ3) is 5.65. The Morgan fingerprint density at radius 1 is 1.17 bits per heavy atom. The molecular weight excluding hydrogens is 488 g/mol. The molecule has 0 aliphatic heterocycles. The molecular formula is C23H28N6O4S2. The van der Waals surface area contributed by atoms with Crippen molar-refractivity contribution < 1.29 is 19.1 Å². The number of nitrogens with zero attached hydrogens (tertiary/aromatic N) is 5. The zero-order chi connectivity index (χ0) is 25.9. The second kappa shape index (κ2) is 10.9. The van der Waals surface area contributed by atoms with Gasteiger partial charge in [-0.1, -0.05) is 23.9 Å². The maximum Gasteiger partial charge on any atom is 0.341 e. The predicted octanol–water partition coefficient (Wildman–Crippen LogP) is 3.14. The van der Waals surface area contributed by atoms with E-state index < -0.39 is 5.97 Å². The lowest BCUT2D eigenvalue weighted by molar-refractivity contribution is -0.113. The zero-order valence-electron chi connectivity index (χ0n) is 20.7. The number of anilines is 2. The lowest BCUT2D eigenvalue weighted by atomic mass is 10.1. The van der Waals surface area contributed by atoms with Gasteiger partial charge in [0.25, 0.3) is 5.91 Å². The largest absolute Gasteiger partial charge is 0.465 e. The SMILES string of the molecule is COC(=O)c1c(NC(=O)CSc2nnc(-c3cccc(N(C)C)c3)n2C)sc(C(=O)N(C)C)c1C. The second-order valence-corrected chi connectivity index (χ2v) is 10.1. The predicted molar refractivity (Wildman–Crippen MR) is 139 cm³/mol. The minimum Gasteiger partial charge on any atom is -0.465 e. The number of hydrogen-bond acceptors (Lipinski definition) is 9. The van der Waals surface area contributed by atoms with Crippen molar-refractivity contribution in [2.24, 2.45) is 7.05 Å². The fraction of sp³-hybridized carbons (Fsp3) is 0.348. The molecule has 0 saturated carbocycles. The zero-order valence-corrected chi connectivity index (χ0v) is 22.3. The summed E-state index contributed by atoms with van der Waals surface area (Å²) in [5.41, 5.74) is 2.61. The molecule has 0 bridgehead atoms. The van der Waals surface area contributed by atoms with Crippen LogP contribution < -0.4 is 10.2 Å². The smallest absolute Gasteiger partial charge is 0.341 e. The van der Waals surface area contributed by atoms with E-state index in [0.717, 1.165) is 22.6 Å². The molecule has 2 aromatic heterocycles. The number of thioether (sulfide) groups is 1. The van der Waals surface area contributed by atoms with Gasteiger partial charge in [-0.2, -0.15) is 0 Å². The van der Waals surface area contributed by atoms with Crippen molar-refractivity contribution in [3.63, 3.8) is 0 Å². The topological polar surface area (TPSA) is 110 Å². The summed E-state index contributed by atoms with van der Waals surface area (Å²) in [5, 5.41) is 12.1. The quantitative estimate of drug-likeness (QED) is 0.359. The Bertz CT molecular complexity index is 1260. The fourth-order valence-corrected chi connectivity index (χ4v) is 5.21. The van der Waals surface area contributed by atoms with Crippen LogP contribution in [0.5, 0.6) is 0 Å². The van der Waals surface area contributed by atoms with E-state index in [2.05, 4.69) is 15.5 Å². The van der Waals surface area contributed by atoms with Crippen LogP contribution in [0.15, 0.2) is 29.4 Å². The number of thiophene rings is 1. The average Bonchev–Trinajstić information content (AvgIpc) is 3.35. The molecule has 10 nitrogen and oxygen atoms in total. The molecule has 0 atom stereocenters. The van der Waals surface area contributed by atoms with Crippen LogP contribution in [0.3, 0.4) is 0 Å². The van der Waals surface area contributed by atoms with E-state index in [-0.39, 0.29) is 28.1 Å². The number of ether oxygens (including phenoxy) is 1. The number of carbonyl (C=O) groups is 3. The van der Waals surface area contributed by atoms with E-state index in [9.17, 15) is 14.4 Å². The lowest BCUT2D eigenvalue weighted by Gasteiger charge is -2.13. The maximum absolute atomic E-state index is 12.7. The summed E-state index contributed by atoms with van der Waals surface area (Å²) in [6.45, 7) is 1.66. The van der Waals surface area contributed by atoms with Crippen LogP contribution in [0.1, 0.15) is 25.6 Å². The molecule has 0 unspecified atom stereocenters. The third-order valence-corrected chi connectivity index (χ3v) is 7.39. The maximum atomic E-state index is 12.7. The summed E-state index contributed by atoms with van der Waals surface area (Å²) in [4.78, 5) is 41.4. The average molecular weight is 517 g/mol. The van der Waals surface area contributed by atoms with Crippen molar-refractivity contribution in [1.29, 1.82) is 0 Å². The molecule has 186 valence electrons. The Morgan fingerprint density at radius 3 is 2.51 bits per heavy atom. The Hall–Kier alpha value is -3.38. The molecule has 1 N–H and O–H groups in total. The third-order valence-electron chi connectivity index (χ3n) is 5.18. The van der Waals surface area contributed by atoms with Gasteiger partial charge >= 0.3 is 5.97 Å². The molecule has 0 radical (unpaired) electrons. The van der Waals surface area contributed by atoms with E-state index in [0.29, 0.717) is 21.4 Å². The van der Waals surface area contributed by atoms with Gasteiger partial charge in [-0.3, -0.25) is 9.59 Å². The minimum atomic E-state index is -0.614. The van der Waals surface area contributed by atoms with E-state index in [1.165, 1.54) is 23.8 Å². The number of benzene rings is 1. The van der Waals surface area contributed by atoms with Gasteiger partial charge in [-0.05, 0) is 24.6 Å². The highest BCUT2D eigenvalue weighted by molar-refractivity contribution is 7.99. The summed E-state index contributed by atoms with van der Waals surface area (Å²) >= 11 is 2.28. The lowest BCUT2D eigenvalue weighted by Crippen LogP contribution is -2.21. The highest BCUT2D eigenvalue weighted by atomic mass is 32.2. The molecule has 1 aromatic carbocycles. The highest BCUT2D eigenvalue weighted by Gasteiger charge is 2.27. The number of hydrogen-bond donors (Lipinski definition) is 1. The van der Waals surface area contributed by atoms with Gasteiger partial charge in [0, 0.05) is 46.5 Å². The van der Waals surface area contributed by atoms with Crippen molar-refractivity contribution in [2.75, 3.05) is 51.3 Å². The van der Waals surface area contributed by atoms with Crippen LogP contribution in [0.25, 0.3) is 11.4 Å². The molecule has 0 saturated heterocycles. The molecule has 2 amide bonds. The second-order valence-electron chi connectivity index (χ2n) is 8.10. The van der Waals surface area contributed by atoms with E-state index in [1.807, 2.05) is 54.9 Å². The first-order chi connectivity index (χ1) is 16.5. The van der Waals surface area contributed by atoms with E-state index in [1.54, 1.807) is 21.0 Å². The summed E-state index contributed by atoms with van der Waals surface area (Å²) in [7, 11) is 10.3. The van der Waals surface area contributed by atoms with Crippen molar-refractivity contribution in [2.45, 2.75) is 12.1 Å². The van der Waals surface area contributed by atoms with Crippen LogP contribution in [-0.4, -0.2) is 78.5 Å². The first-order valence-corrected chi connectivity index (χ1v) is 12.4. The molecule has 0 spiro atoms. The summed E-state index contributed by atoms with van der Waals surface area (Å²) in [5.74, 6) is -0.484. The first-order valence-electron chi connectivity index (χ1n) is 10.6. The summed E-state index contributed by atoms with van der Waals surface area (Å²) in [6.07, 6.45) is 0. The number of rotatable bonds is 8. The van der Waals surface area contributed by atoms with Gasteiger partial charge in [0.15, 0.2) is 11.0 Å². The van der Waals surface area contributed by atoms with Gasteiger partial charge < -0.3 is 24.4 Å². The number of esters is 1. The summed E-state index contributed by atoms with van der Waals surface area (Å²) in [6, 6.07) is 7.94. The van der Waals surface area contributed by atoms with Crippen molar-refractivity contribution in [3.05, 3.63) is 40.3 Å². The first kappa shape index (κ1) is 26.2. The van der Waals surface area contributed by atoms with Crippen LogP contribution in [0.2, 0.25) is 0 Å². The molecule has 3 rings (SSSR count). The fourth-order valence-electron chi connectivity index (χ4n) is 3.26. The van der Waals surface area contributed by atoms with Gasteiger partial charge in [-0.15, -0.1) is 21.5 Å². The van der Waals surface area contributed by atoms with Crippen molar-refractivity contribution in [1.82, 2.24) is 19.7 Å². The minimum absolute atomic E-state index is 0.0399. The van der Waals surface area contributed by atoms with E-state index >= 15 is 0 Å².